The van der Waals surface area contributed by atoms with E-state index in [4.69, 9.17) is 15.0 Å². The molecular weight excluding hydrogens is 595 g/mol. The summed E-state index contributed by atoms with van der Waals surface area (Å²) in [6, 6.07) is 50.5. The zero-order chi connectivity index (χ0) is 32.0. The predicted molar refractivity (Wildman–Crippen MR) is 194 cm³/mol. The van der Waals surface area contributed by atoms with Crippen LogP contribution in [0.25, 0.3) is 50.5 Å². The fourth-order valence-corrected chi connectivity index (χ4v) is 9.06. The topological polar surface area (TPSA) is 60.7 Å². The molecule has 0 bridgehead atoms. The summed E-state index contributed by atoms with van der Waals surface area (Å²) in [5, 5.41) is 4.41. The minimum Gasteiger partial charge on any atom is -0.309 e. The second-order valence-corrected chi connectivity index (χ2v) is 14.6. The van der Waals surface area contributed by atoms with Gasteiger partial charge in [-0.3, -0.25) is 4.57 Å². The van der Waals surface area contributed by atoms with Crippen molar-refractivity contribution in [2.75, 3.05) is 0 Å². The molecule has 0 radical (unpaired) electrons. The molecule has 0 fully saturated rings. The molecular formula is C41H31N4OP. The molecule has 0 amide bonds. The largest absolute Gasteiger partial charge is 0.309 e. The molecule has 2 aromatic heterocycles. The second-order valence-electron chi connectivity index (χ2n) is 11.9. The molecule has 0 spiro atoms. The average molecular weight is 627 g/mol. The SMILES string of the molecule is Cc1cccc(-c2nc(-c3cccc(C)c3)nc(-n3c4ccccc4c4cc(P(=O)(c5ccccc5)c5ccccc5)ccc43)n2)c1. The maximum Gasteiger partial charge on any atom is 0.238 e. The second kappa shape index (κ2) is 11.6. The highest BCUT2D eigenvalue weighted by Crippen LogP contribution is 2.44. The van der Waals surface area contributed by atoms with Crippen LogP contribution in [0.15, 0.2) is 152 Å². The van der Waals surface area contributed by atoms with Gasteiger partial charge >= 0.3 is 0 Å². The van der Waals surface area contributed by atoms with Gasteiger partial charge in [-0.05, 0) is 50.2 Å². The number of hydrogen-bond donors (Lipinski definition) is 0. The highest BCUT2D eigenvalue weighted by molar-refractivity contribution is 7.85. The van der Waals surface area contributed by atoms with E-state index in [1.165, 1.54) is 0 Å². The summed E-state index contributed by atoms with van der Waals surface area (Å²) in [5.74, 6) is 1.74. The standard InChI is InChI=1S/C41H31N4OP/c1-28-13-11-15-30(25-28)39-42-40(31-16-12-14-29(2)26-31)44-41(43-39)45-37-22-10-9-21-35(37)36-27-34(23-24-38(36)45)47(46,32-17-5-3-6-18-32)33-19-7-4-8-20-33/h3-27H,1-2H3. The number of fused-ring (bicyclic) bond motifs is 3. The van der Waals surface area contributed by atoms with Crippen LogP contribution in [0.4, 0.5) is 0 Å². The van der Waals surface area contributed by atoms with Crippen LogP contribution in [0.2, 0.25) is 0 Å². The van der Waals surface area contributed by atoms with Crippen LogP contribution in [-0.4, -0.2) is 19.5 Å². The van der Waals surface area contributed by atoms with Gasteiger partial charge < -0.3 is 4.57 Å². The van der Waals surface area contributed by atoms with Crippen molar-refractivity contribution in [1.29, 1.82) is 0 Å². The van der Waals surface area contributed by atoms with Crippen molar-refractivity contribution < 1.29 is 4.57 Å². The Morgan fingerprint density at radius 1 is 0.468 bits per heavy atom. The van der Waals surface area contributed by atoms with Gasteiger partial charge in [0.15, 0.2) is 18.8 Å². The first-order valence-corrected chi connectivity index (χ1v) is 17.4. The van der Waals surface area contributed by atoms with Gasteiger partial charge in [0.05, 0.1) is 11.0 Å². The van der Waals surface area contributed by atoms with Gasteiger partial charge in [0.25, 0.3) is 0 Å². The summed E-state index contributed by atoms with van der Waals surface area (Å²) in [7, 11) is -3.18. The van der Waals surface area contributed by atoms with Crippen LogP contribution in [-0.2, 0) is 4.57 Å². The molecule has 2 heterocycles. The zero-order valence-electron chi connectivity index (χ0n) is 26.1. The monoisotopic (exact) mass is 626 g/mol. The van der Waals surface area contributed by atoms with Crippen molar-refractivity contribution in [2.24, 2.45) is 0 Å². The van der Waals surface area contributed by atoms with Crippen molar-refractivity contribution in [3.8, 4) is 28.7 Å². The first-order valence-electron chi connectivity index (χ1n) is 15.6. The maximum atomic E-state index is 15.3. The molecule has 0 aliphatic heterocycles. The van der Waals surface area contributed by atoms with Crippen molar-refractivity contribution in [3.05, 3.63) is 163 Å². The molecule has 226 valence electrons. The van der Waals surface area contributed by atoms with Crippen molar-refractivity contribution >= 4 is 44.9 Å². The van der Waals surface area contributed by atoms with E-state index in [0.29, 0.717) is 17.6 Å². The fourth-order valence-electron chi connectivity index (χ4n) is 6.39. The number of aryl methyl sites for hydroxylation is 2. The molecule has 5 nitrogen and oxygen atoms in total. The van der Waals surface area contributed by atoms with Gasteiger partial charge in [0.2, 0.25) is 5.95 Å². The third-order valence-electron chi connectivity index (χ3n) is 8.64. The number of rotatable bonds is 6. The molecule has 8 aromatic rings. The minimum atomic E-state index is -3.18. The highest BCUT2D eigenvalue weighted by atomic mass is 31.2. The molecule has 0 N–H and O–H groups in total. The van der Waals surface area contributed by atoms with Gasteiger partial charge in [0, 0.05) is 37.8 Å². The van der Waals surface area contributed by atoms with E-state index in [9.17, 15) is 0 Å². The van der Waals surface area contributed by atoms with Gasteiger partial charge in [-0.1, -0.05) is 126 Å². The summed E-state index contributed by atoms with van der Waals surface area (Å²) in [4.78, 5) is 15.1. The molecule has 8 rings (SSSR count). The Bertz CT molecular complexity index is 2360. The Kier molecular flexibility index (Phi) is 7.12. The van der Waals surface area contributed by atoms with Crippen molar-refractivity contribution in [3.63, 3.8) is 0 Å². The summed E-state index contributed by atoms with van der Waals surface area (Å²) in [5.41, 5.74) is 6.01. The lowest BCUT2D eigenvalue weighted by atomic mass is 10.1. The molecule has 0 aliphatic rings. The molecule has 47 heavy (non-hydrogen) atoms. The third-order valence-corrected chi connectivity index (χ3v) is 11.7. The van der Waals surface area contributed by atoms with E-state index in [0.717, 1.165) is 60.0 Å². The van der Waals surface area contributed by atoms with Crippen molar-refractivity contribution in [1.82, 2.24) is 19.5 Å². The predicted octanol–water partition coefficient (Wildman–Crippen LogP) is 8.56. The minimum absolute atomic E-state index is 0.529. The lowest BCUT2D eigenvalue weighted by Gasteiger charge is -2.20. The quantitative estimate of drug-likeness (QED) is 0.174. The van der Waals surface area contributed by atoms with E-state index in [-0.39, 0.29) is 0 Å². The van der Waals surface area contributed by atoms with Crippen LogP contribution < -0.4 is 15.9 Å². The molecule has 6 heteroatoms. The van der Waals surface area contributed by atoms with Crippen LogP contribution in [0.5, 0.6) is 0 Å². The zero-order valence-corrected chi connectivity index (χ0v) is 27.0. The molecule has 0 atom stereocenters. The number of aromatic nitrogens is 4. The van der Waals surface area contributed by atoms with Crippen LogP contribution in [0.3, 0.4) is 0 Å². The first-order chi connectivity index (χ1) is 23.0. The number of benzene rings is 6. The number of para-hydroxylation sites is 1. The van der Waals surface area contributed by atoms with Crippen LogP contribution in [0, 0.1) is 13.8 Å². The van der Waals surface area contributed by atoms with Crippen molar-refractivity contribution in [2.45, 2.75) is 13.8 Å². The summed E-state index contributed by atoms with van der Waals surface area (Å²) < 4.78 is 17.4. The number of hydrogen-bond acceptors (Lipinski definition) is 4. The van der Waals surface area contributed by atoms with Gasteiger partial charge in [0.1, 0.15) is 0 Å². The molecule has 0 aliphatic carbocycles. The highest BCUT2D eigenvalue weighted by Gasteiger charge is 2.30. The normalized spacial score (nSPS) is 11.7. The van der Waals surface area contributed by atoms with E-state index < -0.39 is 7.14 Å². The Morgan fingerprint density at radius 2 is 1.00 bits per heavy atom. The van der Waals surface area contributed by atoms with E-state index in [1.807, 2.05) is 103 Å². The molecule has 0 unspecified atom stereocenters. The molecule has 0 saturated carbocycles. The summed E-state index contributed by atoms with van der Waals surface area (Å²) in [6.45, 7) is 4.14. The lowest BCUT2D eigenvalue weighted by Crippen LogP contribution is -2.24. The third kappa shape index (κ3) is 5.06. The Morgan fingerprint density at radius 3 is 1.57 bits per heavy atom. The van der Waals surface area contributed by atoms with Crippen LogP contribution >= 0.6 is 7.14 Å². The van der Waals surface area contributed by atoms with Crippen LogP contribution in [0.1, 0.15) is 11.1 Å². The van der Waals surface area contributed by atoms with E-state index in [1.54, 1.807) is 0 Å². The maximum absolute atomic E-state index is 15.3. The Balaban J connectivity index is 1.40. The van der Waals surface area contributed by atoms with Gasteiger partial charge in [-0.25, -0.2) is 4.98 Å². The van der Waals surface area contributed by atoms with Gasteiger partial charge in [-0.15, -0.1) is 0 Å². The van der Waals surface area contributed by atoms with Gasteiger partial charge in [-0.2, -0.15) is 9.97 Å². The van der Waals surface area contributed by atoms with E-state index >= 15 is 4.57 Å². The number of nitrogens with zero attached hydrogens (tertiary/aromatic N) is 4. The summed E-state index contributed by atoms with van der Waals surface area (Å²) in [6.07, 6.45) is 0. The smallest absolute Gasteiger partial charge is 0.238 e. The Hall–Kier alpha value is -5.64. The summed E-state index contributed by atoms with van der Waals surface area (Å²) >= 11 is 0. The lowest BCUT2D eigenvalue weighted by molar-refractivity contribution is 0.592. The first kappa shape index (κ1) is 28.8. The fraction of sp³-hybridized carbons (Fsp3) is 0.0488. The molecule has 6 aromatic carbocycles. The average Bonchev–Trinajstić information content (AvgIpc) is 3.45. The Labute approximate surface area is 273 Å². The van der Waals surface area contributed by atoms with E-state index in [2.05, 4.69) is 66.9 Å². The molecule has 0 saturated heterocycles.